The van der Waals surface area contributed by atoms with Gasteiger partial charge in [-0.05, 0) is 42.3 Å². The van der Waals surface area contributed by atoms with Gasteiger partial charge in [0.15, 0.2) is 0 Å². The lowest BCUT2D eigenvalue weighted by molar-refractivity contribution is -0.115. The second kappa shape index (κ2) is 8.04. The number of nitrogens with zero attached hydrogens (tertiary/aromatic N) is 1. The first kappa shape index (κ1) is 18.5. The Hall–Kier alpha value is -2.84. The highest BCUT2D eigenvalue weighted by molar-refractivity contribution is 8.26. The maximum Gasteiger partial charge on any atom is 0.419 e. The van der Waals surface area contributed by atoms with Crippen molar-refractivity contribution in [2.45, 2.75) is 6.42 Å². The standard InChI is InChI=1S/C20H16N2O4S2/c23-18-17(28-19(27)21-18)12-13-7-8-16-15(11-13)22(9-4-10-25-16)20(24)26-14-5-2-1-3-6-14/h1-3,5-8,11-12H,4,9-10H2,(H,21,23,27)/b17-12+. The number of thioether (sulfide) groups is 1. The predicted octanol–water partition coefficient (Wildman–Crippen LogP) is 3.96. The van der Waals surface area contributed by atoms with Gasteiger partial charge in [-0.2, -0.15) is 0 Å². The molecular weight excluding hydrogens is 396 g/mol. The lowest BCUT2D eigenvalue weighted by atomic mass is 10.1. The van der Waals surface area contributed by atoms with Crippen LogP contribution in [-0.2, 0) is 4.79 Å². The highest BCUT2D eigenvalue weighted by Gasteiger charge is 2.25. The Morgan fingerprint density at radius 1 is 1.25 bits per heavy atom. The van der Waals surface area contributed by atoms with Crippen LogP contribution in [0.1, 0.15) is 12.0 Å². The lowest BCUT2D eigenvalue weighted by Crippen LogP contribution is -2.34. The van der Waals surface area contributed by atoms with Gasteiger partial charge >= 0.3 is 6.09 Å². The van der Waals surface area contributed by atoms with Crippen LogP contribution < -0.4 is 19.7 Å². The van der Waals surface area contributed by atoms with Crippen LogP contribution in [0.4, 0.5) is 10.5 Å². The average Bonchev–Trinajstić information content (AvgIpc) is 2.88. The molecule has 0 radical (unpaired) electrons. The van der Waals surface area contributed by atoms with E-state index in [0.717, 1.165) is 5.56 Å². The van der Waals surface area contributed by atoms with Gasteiger partial charge in [0.1, 0.15) is 15.8 Å². The van der Waals surface area contributed by atoms with Crippen molar-refractivity contribution in [1.82, 2.24) is 5.32 Å². The smallest absolute Gasteiger partial charge is 0.419 e. The van der Waals surface area contributed by atoms with E-state index >= 15 is 0 Å². The Morgan fingerprint density at radius 2 is 2.07 bits per heavy atom. The molecule has 0 aromatic heterocycles. The summed E-state index contributed by atoms with van der Waals surface area (Å²) in [6.45, 7) is 0.979. The number of hydrogen-bond acceptors (Lipinski definition) is 6. The Morgan fingerprint density at radius 3 is 2.82 bits per heavy atom. The number of hydrogen-bond donors (Lipinski definition) is 1. The minimum absolute atomic E-state index is 0.221. The zero-order chi connectivity index (χ0) is 19.5. The van der Waals surface area contributed by atoms with E-state index in [1.165, 1.54) is 11.8 Å². The number of ether oxygens (including phenoxy) is 2. The van der Waals surface area contributed by atoms with E-state index in [4.69, 9.17) is 21.7 Å². The molecule has 8 heteroatoms. The van der Waals surface area contributed by atoms with E-state index < -0.39 is 6.09 Å². The molecule has 2 heterocycles. The molecule has 6 nitrogen and oxygen atoms in total. The van der Waals surface area contributed by atoms with Crippen molar-refractivity contribution in [2.24, 2.45) is 0 Å². The first-order valence-electron chi connectivity index (χ1n) is 8.66. The van der Waals surface area contributed by atoms with Crippen molar-refractivity contribution in [1.29, 1.82) is 0 Å². The summed E-state index contributed by atoms with van der Waals surface area (Å²) >= 11 is 6.23. The number of anilines is 1. The molecule has 1 saturated heterocycles. The summed E-state index contributed by atoms with van der Waals surface area (Å²) in [7, 11) is 0. The summed E-state index contributed by atoms with van der Waals surface area (Å²) < 4.78 is 11.7. The molecule has 2 aliphatic rings. The fraction of sp³-hybridized carbons (Fsp3) is 0.150. The molecule has 28 heavy (non-hydrogen) atoms. The van der Waals surface area contributed by atoms with Gasteiger partial charge in [-0.15, -0.1) is 0 Å². The third-order valence-corrected chi connectivity index (χ3v) is 5.33. The Labute approximate surface area is 171 Å². The molecule has 0 atom stereocenters. The summed E-state index contributed by atoms with van der Waals surface area (Å²) in [6, 6.07) is 14.4. The lowest BCUT2D eigenvalue weighted by Gasteiger charge is -2.21. The predicted molar refractivity (Wildman–Crippen MR) is 113 cm³/mol. The third kappa shape index (κ3) is 4.02. The van der Waals surface area contributed by atoms with Gasteiger partial charge in [-0.25, -0.2) is 4.79 Å². The molecule has 142 valence electrons. The molecule has 0 unspecified atom stereocenters. The van der Waals surface area contributed by atoms with Crippen molar-refractivity contribution >= 4 is 52.1 Å². The molecule has 0 spiro atoms. The molecule has 0 aliphatic carbocycles. The molecule has 1 N–H and O–H groups in total. The van der Waals surface area contributed by atoms with Crippen LogP contribution >= 0.6 is 24.0 Å². The van der Waals surface area contributed by atoms with E-state index in [0.29, 0.717) is 46.0 Å². The molecule has 2 aromatic rings. The first-order chi connectivity index (χ1) is 13.6. The average molecular weight is 412 g/mol. The second-order valence-corrected chi connectivity index (χ2v) is 7.83. The third-order valence-electron chi connectivity index (χ3n) is 4.17. The number of thiocarbonyl (C=S) groups is 1. The topological polar surface area (TPSA) is 67.9 Å². The second-order valence-electron chi connectivity index (χ2n) is 6.11. The van der Waals surface area contributed by atoms with Gasteiger partial charge in [0.25, 0.3) is 5.91 Å². The van der Waals surface area contributed by atoms with E-state index in [1.807, 2.05) is 18.2 Å². The van der Waals surface area contributed by atoms with Crippen LogP contribution in [0, 0.1) is 0 Å². The molecule has 0 saturated carbocycles. The number of amides is 2. The van der Waals surface area contributed by atoms with Gasteiger partial charge in [0.2, 0.25) is 0 Å². The summed E-state index contributed by atoms with van der Waals surface area (Å²) in [5, 5.41) is 2.59. The largest absolute Gasteiger partial charge is 0.491 e. The molecule has 1 fully saturated rings. The number of rotatable bonds is 2. The molecule has 2 aliphatic heterocycles. The van der Waals surface area contributed by atoms with E-state index in [2.05, 4.69) is 5.32 Å². The summed E-state index contributed by atoms with van der Waals surface area (Å²) in [5.74, 6) is 0.857. The maximum absolute atomic E-state index is 12.8. The van der Waals surface area contributed by atoms with Crippen LogP contribution in [-0.4, -0.2) is 29.5 Å². The van der Waals surface area contributed by atoms with Crippen molar-refractivity contribution in [3.05, 3.63) is 59.0 Å². The molecule has 0 bridgehead atoms. The van der Waals surface area contributed by atoms with Crippen LogP contribution in [0.2, 0.25) is 0 Å². The number of benzene rings is 2. The van der Waals surface area contributed by atoms with Gasteiger partial charge < -0.3 is 14.8 Å². The number of carbonyl (C=O) groups excluding carboxylic acids is 2. The Bertz CT molecular complexity index is 975. The normalized spacial score (nSPS) is 17.6. The molecule has 4 rings (SSSR count). The monoisotopic (exact) mass is 412 g/mol. The van der Waals surface area contributed by atoms with Gasteiger partial charge in [0.05, 0.1) is 17.2 Å². The summed E-state index contributed by atoms with van der Waals surface area (Å²) in [6.07, 6.45) is 1.95. The maximum atomic E-state index is 12.8. The highest BCUT2D eigenvalue weighted by atomic mass is 32.2. The van der Waals surface area contributed by atoms with Gasteiger partial charge in [-0.3, -0.25) is 9.69 Å². The highest BCUT2D eigenvalue weighted by Crippen LogP contribution is 2.34. The number of para-hydroxylation sites is 1. The van der Waals surface area contributed by atoms with Crippen LogP contribution in [0.3, 0.4) is 0 Å². The van der Waals surface area contributed by atoms with Crippen molar-refractivity contribution < 1.29 is 19.1 Å². The van der Waals surface area contributed by atoms with Crippen LogP contribution in [0.5, 0.6) is 11.5 Å². The minimum Gasteiger partial charge on any atom is -0.491 e. The molecule has 2 aromatic carbocycles. The first-order valence-corrected chi connectivity index (χ1v) is 9.89. The fourth-order valence-corrected chi connectivity index (χ4v) is 3.93. The van der Waals surface area contributed by atoms with E-state index in [-0.39, 0.29) is 5.91 Å². The molecule has 2 amide bonds. The zero-order valence-corrected chi connectivity index (χ0v) is 16.3. The quantitative estimate of drug-likeness (QED) is 0.595. The van der Waals surface area contributed by atoms with Crippen LogP contribution in [0.15, 0.2) is 53.4 Å². The Kier molecular flexibility index (Phi) is 5.31. The van der Waals surface area contributed by atoms with Crippen LogP contribution in [0.25, 0.3) is 6.08 Å². The summed E-state index contributed by atoms with van der Waals surface area (Å²) in [5.41, 5.74) is 1.38. The van der Waals surface area contributed by atoms with Gasteiger partial charge in [0, 0.05) is 6.54 Å². The SMILES string of the molecule is O=C1NC(=S)S/C1=C/c1ccc2c(c1)N(C(=O)Oc1ccccc1)CCCO2. The zero-order valence-electron chi connectivity index (χ0n) is 14.7. The number of fused-ring (bicyclic) bond motifs is 1. The number of carbonyl (C=O) groups is 2. The molecular formula is C20H16N2O4S2. The summed E-state index contributed by atoms with van der Waals surface area (Å²) in [4.78, 5) is 26.8. The van der Waals surface area contributed by atoms with Crippen molar-refractivity contribution in [3.63, 3.8) is 0 Å². The number of nitrogens with one attached hydrogen (secondary N) is 1. The van der Waals surface area contributed by atoms with Crippen molar-refractivity contribution in [2.75, 3.05) is 18.1 Å². The Balaban J connectivity index is 1.64. The van der Waals surface area contributed by atoms with E-state index in [9.17, 15) is 9.59 Å². The van der Waals surface area contributed by atoms with E-state index in [1.54, 1.807) is 41.3 Å². The van der Waals surface area contributed by atoms with Crippen molar-refractivity contribution in [3.8, 4) is 11.5 Å². The minimum atomic E-state index is -0.475. The fourth-order valence-electron chi connectivity index (χ4n) is 2.89. The van der Waals surface area contributed by atoms with Gasteiger partial charge in [-0.1, -0.05) is 48.2 Å².